The van der Waals surface area contributed by atoms with Crippen molar-refractivity contribution in [3.05, 3.63) is 21.9 Å². The van der Waals surface area contributed by atoms with Crippen molar-refractivity contribution in [3.8, 4) is 0 Å². The van der Waals surface area contributed by atoms with Gasteiger partial charge < -0.3 is 0 Å². The molecule has 1 atom stereocenters. The van der Waals surface area contributed by atoms with Crippen LogP contribution >= 0.6 is 11.3 Å². The maximum absolute atomic E-state index is 2.35. The van der Waals surface area contributed by atoms with E-state index in [0.717, 1.165) is 5.92 Å². The Labute approximate surface area is 98.7 Å². The molecular formula is C14H24S. The number of aryl methyl sites for hydroxylation is 1. The zero-order valence-corrected chi connectivity index (χ0v) is 11.2. The highest BCUT2D eigenvalue weighted by molar-refractivity contribution is 7.08. The Kier molecular flexibility index (Phi) is 6.00. The molecule has 1 heteroatoms. The molecule has 0 aliphatic carbocycles. The number of unbranched alkanes of at least 4 members (excludes halogenated alkanes) is 3. The normalized spacial score (nSPS) is 13.0. The molecule has 0 aromatic carbocycles. The summed E-state index contributed by atoms with van der Waals surface area (Å²) in [6.45, 7) is 6.90. The Morgan fingerprint density at radius 1 is 1.13 bits per heavy atom. The maximum atomic E-state index is 2.35. The summed E-state index contributed by atoms with van der Waals surface area (Å²) in [4.78, 5) is 0. The van der Waals surface area contributed by atoms with Crippen LogP contribution in [0.4, 0.5) is 0 Å². The molecule has 0 saturated heterocycles. The number of hydrogen-bond donors (Lipinski definition) is 0. The van der Waals surface area contributed by atoms with Gasteiger partial charge in [-0.3, -0.25) is 0 Å². The molecule has 0 aliphatic rings. The van der Waals surface area contributed by atoms with Crippen molar-refractivity contribution in [1.82, 2.24) is 0 Å². The van der Waals surface area contributed by atoms with Crippen LogP contribution < -0.4 is 0 Å². The van der Waals surface area contributed by atoms with Crippen LogP contribution in [0.3, 0.4) is 0 Å². The number of thiophene rings is 1. The Bertz CT molecular complexity index is 262. The van der Waals surface area contributed by atoms with Gasteiger partial charge in [-0.15, -0.1) is 0 Å². The molecular weight excluding hydrogens is 200 g/mol. The first-order valence-electron chi connectivity index (χ1n) is 6.34. The second-order valence-corrected chi connectivity index (χ2v) is 5.22. The molecule has 0 saturated carbocycles. The fraction of sp³-hybridized carbons (Fsp3) is 0.714. The fourth-order valence-electron chi connectivity index (χ4n) is 1.93. The first-order valence-corrected chi connectivity index (χ1v) is 7.28. The third kappa shape index (κ3) is 3.98. The van der Waals surface area contributed by atoms with Gasteiger partial charge in [0.15, 0.2) is 0 Å². The van der Waals surface area contributed by atoms with Crippen LogP contribution in [0.25, 0.3) is 0 Å². The number of hydrogen-bond acceptors (Lipinski definition) is 1. The average molecular weight is 224 g/mol. The van der Waals surface area contributed by atoms with Crippen LogP contribution in [0.5, 0.6) is 0 Å². The van der Waals surface area contributed by atoms with E-state index in [4.69, 9.17) is 0 Å². The summed E-state index contributed by atoms with van der Waals surface area (Å²) in [5.41, 5.74) is 3.23. The van der Waals surface area contributed by atoms with Crippen molar-refractivity contribution in [2.75, 3.05) is 0 Å². The molecule has 1 rings (SSSR count). The second-order valence-electron chi connectivity index (χ2n) is 4.47. The smallest absolute Gasteiger partial charge is 0.00557 e. The van der Waals surface area contributed by atoms with Crippen LogP contribution in [0, 0.1) is 0 Å². The molecule has 0 N–H and O–H groups in total. The molecule has 1 aromatic rings. The molecule has 1 aromatic heterocycles. The number of rotatable bonds is 7. The SMILES string of the molecule is CCCCCCc1cscc1C(C)CC. The van der Waals surface area contributed by atoms with Crippen LogP contribution in [0.2, 0.25) is 0 Å². The molecule has 1 unspecified atom stereocenters. The van der Waals surface area contributed by atoms with Gasteiger partial charge in [-0.1, -0.05) is 40.0 Å². The third-order valence-corrected chi connectivity index (χ3v) is 4.03. The van der Waals surface area contributed by atoms with E-state index in [1.807, 2.05) is 11.3 Å². The summed E-state index contributed by atoms with van der Waals surface area (Å²) in [5.74, 6) is 0.748. The van der Waals surface area contributed by atoms with E-state index in [0.29, 0.717) is 0 Å². The summed E-state index contributed by atoms with van der Waals surface area (Å²) >= 11 is 1.87. The summed E-state index contributed by atoms with van der Waals surface area (Å²) in [5, 5.41) is 4.71. The van der Waals surface area contributed by atoms with Crippen molar-refractivity contribution in [3.63, 3.8) is 0 Å². The summed E-state index contributed by atoms with van der Waals surface area (Å²) in [6.07, 6.45) is 8.05. The topological polar surface area (TPSA) is 0 Å². The minimum absolute atomic E-state index is 0.748. The van der Waals surface area contributed by atoms with Gasteiger partial charge in [-0.05, 0) is 47.1 Å². The first kappa shape index (κ1) is 12.8. The minimum atomic E-state index is 0.748. The van der Waals surface area contributed by atoms with Crippen molar-refractivity contribution in [1.29, 1.82) is 0 Å². The van der Waals surface area contributed by atoms with E-state index in [9.17, 15) is 0 Å². The standard InChI is InChI=1S/C14H24S/c1-4-6-7-8-9-13-10-15-11-14(13)12(3)5-2/h10-12H,4-9H2,1-3H3. The molecule has 0 nitrogen and oxygen atoms in total. The van der Waals surface area contributed by atoms with Gasteiger partial charge in [0.05, 0.1) is 0 Å². The average Bonchev–Trinajstić information content (AvgIpc) is 2.71. The van der Waals surface area contributed by atoms with Gasteiger partial charge in [-0.25, -0.2) is 0 Å². The largest absolute Gasteiger partial charge is 0.152 e. The maximum Gasteiger partial charge on any atom is -0.00557 e. The quantitative estimate of drug-likeness (QED) is 0.545. The summed E-state index contributed by atoms with van der Waals surface area (Å²) < 4.78 is 0. The van der Waals surface area contributed by atoms with Crippen molar-refractivity contribution in [2.45, 2.75) is 65.2 Å². The lowest BCUT2D eigenvalue weighted by Gasteiger charge is -2.10. The molecule has 0 aliphatic heterocycles. The molecule has 86 valence electrons. The van der Waals surface area contributed by atoms with Crippen LogP contribution in [-0.2, 0) is 6.42 Å². The molecule has 0 fully saturated rings. The zero-order chi connectivity index (χ0) is 11.1. The minimum Gasteiger partial charge on any atom is -0.152 e. The molecule has 0 bridgehead atoms. The van der Waals surface area contributed by atoms with E-state index < -0.39 is 0 Å². The first-order chi connectivity index (χ1) is 7.29. The van der Waals surface area contributed by atoms with Crippen LogP contribution in [-0.4, -0.2) is 0 Å². The fourth-order valence-corrected chi connectivity index (χ4v) is 2.95. The van der Waals surface area contributed by atoms with Gasteiger partial charge >= 0.3 is 0 Å². The lowest BCUT2D eigenvalue weighted by atomic mass is 9.95. The Balaban J connectivity index is 2.43. The lowest BCUT2D eigenvalue weighted by Crippen LogP contribution is -1.95. The molecule has 15 heavy (non-hydrogen) atoms. The van der Waals surface area contributed by atoms with E-state index >= 15 is 0 Å². The van der Waals surface area contributed by atoms with Crippen molar-refractivity contribution in [2.24, 2.45) is 0 Å². The van der Waals surface area contributed by atoms with Crippen LogP contribution in [0.15, 0.2) is 10.8 Å². The van der Waals surface area contributed by atoms with Gasteiger partial charge in [0, 0.05) is 0 Å². The lowest BCUT2D eigenvalue weighted by molar-refractivity contribution is 0.657. The molecule has 0 spiro atoms. The third-order valence-electron chi connectivity index (χ3n) is 3.22. The Morgan fingerprint density at radius 3 is 2.60 bits per heavy atom. The second kappa shape index (κ2) is 7.05. The van der Waals surface area contributed by atoms with Gasteiger partial charge in [0.25, 0.3) is 0 Å². The molecule has 0 radical (unpaired) electrons. The predicted molar refractivity (Wildman–Crippen MR) is 70.9 cm³/mol. The van der Waals surface area contributed by atoms with E-state index in [1.165, 1.54) is 38.5 Å². The Morgan fingerprint density at radius 2 is 1.93 bits per heavy atom. The Hall–Kier alpha value is -0.300. The van der Waals surface area contributed by atoms with E-state index in [2.05, 4.69) is 31.5 Å². The van der Waals surface area contributed by atoms with Crippen LogP contribution in [0.1, 0.15) is 69.9 Å². The van der Waals surface area contributed by atoms with Gasteiger partial charge in [-0.2, -0.15) is 11.3 Å². The molecule has 1 heterocycles. The summed E-state index contributed by atoms with van der Waals surface area (Å²) in [6, 6.07) is 0. The van der Waals surface area contributed by atoms with Gasteiger partial charge in [0.2, 0.25) is 0 Å². The summed E-state index contributed by atoms with van der Waals surface area (Å²) in [7, 11) is 0. The highest BCUT2D eigenvalue weighted by Gasteiger charge is 2.09. The van der Waals surface area contributed by atoms with E-state index in [-0.39, 0.29) is 0 Å². The van der Waals surface area contributed by atoms with Gasteiger partial charge in [0.1, 0.15) is 0 Å². The molecule has 0 amide bonds. The monoisotopic (exact) mass is 224 g/mol. The van der Waals surface area contributed by atoms with Crippen molar-refractivity contribution >= 4 is 11.3 Å². The predicted octanol–water partition coefficient (Wildman–Crippen LogP) is 5.38. The van der Waals surface area contributed by atoms with E-state index in [1.54, 1.807) is 11.1 Å². The van der Waals surface area contributed by atoms with Crippen molar-refractivity contribution < 1.29 is 0 Å². The highest BCUT2D eigenvalue weighted by atomic mass is 32.1. The zero-order valence-electron chi connectivity index (χ0n) is 10.4. The highest BCUT2D eigenvalue weighted by Crippen LogP contribution is 2.27.